The van der Waals surface area contributed by atoms with Crippen LogP contribution in [0.3, 0.4) is 0 Å². The minimum Gasteiger partial charge on any atom is -0.294 e. The van der Waals surface area contributed by atoms with Crippen LogP contribution in [0.25, 0.3) is 0 Å². The minimum atomic E-state index is -0.167. The Hall–Kier alpha value is 0.0600. The lowest BCUT2D eigenvalue weighted by Gasteiger charge is -2.04. The first-order valence-corrected chi connectivity index (χ1v) is 4.61. The highest BCUT2D eigenvalue weighted by Gasteiger charge is 2.13. The van der Waals surface area contributed by atoms with Crippen molar-refractivity contribution in [2.75, 3.05) is 6.61 Å². The molecule has 3 heteroatoms. The molecule has 0 spiro atoms. The minimum absolute atomic E-state index is 0.167. The van der Waals surface area contributed by atoms with Crippen LogP contribution in [0.5, 0.6) is 0 Å². The smallest absolute Gasteiger partial charge is 0.294 e. The highest BCUT2D eigenvalue weighted by molar-refractivity contribution is 7.17. The molecule has 1 saturated carbocycles. The molecule has 0 N–H and O–H groups in total. The van der Waals surface area contributed by atoms with E-state index in [9.17, 15) is 4.57 Å². The average molecular weight is 160 g/mol. The number of rotatable bonds is 4. The molecule has 0 heterocycles. The normalized spacial score (nSPS) is 20.4. The van der Waals surface area contributed by atoms with Gasteiger partial charge in [-0.1, -0.05) is 25.7 Å². The van der Waals surface area contributed by atoms with Crippen molar-refractivity contribution >= 4 is 8.69 Å². The monoisotopic (exact) mass is 160 g/mol. The number of hydrogen-bond donors (Lipinski definition) is 0. The average Bonchev–Trinajstić information content (AvgIpc) is 2.41. The van der Waals surface area contributed by atoms with Crippen LogP contribution >= 0.6 is 8.69 Å². The highest BCUT2D eigenvalue weighted by Crippen LogP contribution is 2.27. The second-order valence-electron chi connectivity index (χ2n) is 2.85. The van der Waals surface area contributed by atoms with Gasteiger partial charge in [0.05, 0.1) is 6.61 Å². The standard InChI is InChI=1S/C7H13O2P/c8-10-9-6-5-7-3-1-2-4-7/h7H,1-6H2. The van der Waals surface area contributed by atoms with Gasteiger partial charge in [-0.3, -0.25) is 4.52 Å². The topological polar surface area (TPSA) is 26.3 Å². The van der Waals surface area contributed by atoms with Gasteiger partial charge in [-0.15, -0.1) is 0 Å². The molecule has 1 aliphatic carbocycles. The van der Waals surface area contributed by atoms with E-state index < -0.39 is 0 Å². The zero-order chi connectivity index (χ0) is 7.23. The Morgan fingerprint density at radius 2 is 2.10 bits per heavy atom. The summed E-state index contributed by atoms with van der Waals surface area (Å²) in [7, 11) is -0.167. The van der Waals surface area contributed by atoms with Crippen molar-refractivity contribution in [3.8, 4) is 0 Å². The predicted molar refractivity (Wildman–Crippen MR) is 40.1 cm³/mol. The van der Waals surface area contributed by atoms with E-state index in [2.05, 4.69) is 0 Å². The molecule has 1 rings (SSSR count). The predicted octanol–water partition coefficient (Wildman–Crippen LogP) is 2.79. The number of hydrogen-bond acceptors (Lipinski definition) is 2. The van der Waals surface area contributed by atoms with Gasteiger partial charge in [0.2, 0.25) is 0 Å². The van der Waals surface area contributed by atoms with Gasteiger partial charge >= 0.3 is 8.69 Å². The Morgan fingerprint density at radius 3 is 2.70 bits per heavy atom. The van der Waals surface area contributed by atoms with Gasteiger partial charge < -0.3 is 0 Å². The summed E-state index contributed by atoms with van der Waals surface area (Å²) >= 11 is 0. The van der Waals surface area contributed by atoms with E-state index in [1.807, 2.05) is 0 Å². The molecule has 2 nitrogen and oxygen atoms in total. The van der Waals surface area contributed by atoms with Gasteiger partial charge in [-0.05, 0) is 12.3 Å². The summed E-state index contributed by atoms with van der Waals surface area (Å²) in [5.41, 5.74) is 0. The molecule has 0 atom stereocenters. The molecule has 0 aliphatic heterocycles. The molecule has 0 aromatic carbocycles. The van der Waals surface area contributed by atoms with Crippen LogP contribution in [0, 0.1) is 5.92 Å². The van der Waals surface area contributed by atoms with Crippen LogP contribution < -0.4 is 0 Å². The lowest BCUT2D eigenvalue weighted by Crippen LogP contribution is -1.96. The SMILES string of the molecule is O=POCCC1CCCC1. The second-order valence-corrected chi connectivity index (χ2v) is 3.25. The molecule has 0 unspecified atom stereocenters. The Bertz CT molecular complexity index is 99.8. The molecule has 0 radical (unpaired) electrons. The van der Waals surface area contributed by atoms with Crippen molar-refractivity contribution < 1.29 is 9.09 Å². The summed E-state index contributed by atoms with van der Waals surface area (Å²) in [5, 5.41) is 0. The van der Waals surface area contributed by atoms with Gasteiger partial charge in [0, 0.05) is 0 Å². The molecule has 1 fully saturated rings. The Kier molecular flexibility index (Phi) is 3.93. The third kappa shape index (κ3) is 2.76. The van der Waals surface area contributed by atoms with Crippen molar-refractivity contribution in [1.82, 2.24) is 0 Å². The highest BCUT2D eigenvalue weighted by atomic mass is 31.1. The summed E-state index contributed by atoms with van der Waals surface area (Å²) in [6, 6.07) is 0. The van der Waals surface area contributed by atoms with Crippen LogP contribution in [0.1, 0.15) is 32.1 Å². The van der Waals surface area contributed by atoms with Gasteiger partial charge in [0.15, 0.2) is 0 Å². The second kappa shape index (κ2) is 4.81. The summed E-state index contributed by atoms with van der Waals surface area (Å²) in [4.78, 5) is 0. The third-order valence-electron chi connectivity index (χ3n) is 2.14. The zero-order valence-electron chi connectivity index (χ0n) is 6.08. The fourth-order valence-corrected chi connectivity index (χ4v) is 1.74. The molecule has 1 aliphatic rings. The third-order valence-corrected chi connectivity index (χ3v) is 2.43. The van der Waals surface area contributed by atoms with Gasteiger partial charge in [-0.2, -0.15) is 0 Å². The van der Waals surface area contributed by atoms with Crippen molar-refractivity contribution in [2.45, 2.75) is 32.1 Å². The molecule has 0 saturated heterocycles. The van der Waals surface area contributed by atoms with Crippen LogP contribution in [0.15, 0.2) is 0 Å². The maximum absolute atomic E-state index is 9.85. The molecule has 58 valence electrons. The zero-order valence-corrected chi connectivity index (χ0v) is 6.98. The van der Waals surface area contributed by atoms with Crippen LogP contribution in [-0.2, 0) is 9.09 Å². The van der Waals surface area contributed by atoms with E-state index in [0.717, 1.165) is 12.3 Å². The molecule has 10 heavy (non-hydrogen) atoms. The summed E-state index contributed by atoms with van der Waals surface area (Å²) < 4.78 is 14.6. The Balaban J connectivity index is 1.96. The van der Waals surface area contributed by atoms with Crippen molar-refractivity contribution in [3.63, 3.8) is 0 Å². The first kappa shape index (κ1) is 8.16. The maximum Gasteiger partial charge on any atom is 0.327 e. The molecule has 0 aromatic rings. The summed E-state index contributed by atoms with van der Waals surface area (Å²) in [6.45, 7) is 0.662. The van der Waals surface area contributed by atoms with Crippen molar-refractivity contribution in [3.05, 3.63) is 0 Å². The van der Waals surface area contributed by atoms with Crippen LogP contribution in [0.4, 0.5) is 0 Å². The van der Waals surface area contributed by atoms with Gasteiger partial charge in [0.25, 0.3) is 0 Å². The largest absolute Gasteiger partial charge is 0.327 e. The Labute approximate surface area is 63.2 Å². The fraction of sp³-hybridized carbons (Fsp3) is 1.00. The van der Waals surface area contributed by atoms with Crippen LogP contribution in [0.2, 0.25) is 0 Å². The van der Waals surface area contributed by atoms with E-state index >= 15 is 0 Å². The Morgan fingerprint density at radius 1 is 1.40 bits per heavy atom. The van der Waals surface area contributed by atoms with E-state index in [1.165, 1.54) is 25.7 Å². The van der Waals surface area contributed by atoms with E-state index in [0.29, 0.717) is 6.61 Å². The molecule has 0 amide bonds. The quantitative estimate of drug-likeness (QED) is 0.467. The summed E-state index contributed by atoms with van der Waals surface area (Å²) in [6.07, 6.45) is 6.53. The molecule has 0 aromatic heterocycles. The fourth-order valence-electron chi connectivity index (χ4n) is 1.56. The first-order chi connectivity index (χ1) is 4.93. The molecule has 0 bridgehead atoms. The van der Waals surface area contributed by atoms with Gasteiger partial charge in [0.1, 0.15) is 0 Å². The van der Waals surface area contributed by atoms with Crippen LogP contribution in [-0.4, -0.2) is 6.61 Å². The summed E-state index contributed by atoms with van der Waals surface area (Å²) in [5.74, 6) is 0.849. The molecular weight excluding hydrogens is 147 g/mol. The molecular formula is C7H13O2P. The lowest BCUT2D eigenvalue weighted by molar-refractivity contribution is 0.300. The van der Waals surface area contributed by atoms with E-state index in [-0.39, 0.29) is 8.69 Å². The lowest BCUT2D eigenvalue weighted by atomic mass is 10.1. The van der Waals surface area contributed by atoms with Crippen molar-refractivity contribution in [2.24, 2.45) is 5.92 Å². The maximum atomic E-state index is 9.85. The van der Waals surface area contributed by atoms with Gasteiger partial charge in [-0.25, -0.2) is 4.57 Å². The first-order valence-electron chi connectivity index (χ1n) is 3.88. The van der Waals surface area contributed by atoms with Crippen molar-refractivity contribution in [1.29, 1.82) is 0 Å². The van der Waals surface area contributed by atoms with E-state index in [1.54, 1.807) is 0 Å². The van der Waals surface area contributed by atoms with E-state index in [4.69, 9.17) is 4.52 Å².